The number of rotatable bonds is 3. The van der Waals surface area contributed by atoms with Crippen LogP contribution in [0.15, 0.2) is 62.5 Å². The summed E-state index contributed by atoms with van der Waals surface area (Å²) in [6, 6.07) is 9.10. The summed E-state index contributed by atoms with van der Waals surface area (Å²) in [4.78, 5) is 12.1. The predicted molar refractivity (Wildman–Crippen MR) is 86.9 cm³/mol. The molecule has 6 nitrogen and oxygen atoms in total. The first kappa shape index (κ1) is 17.6. The van der Waals surface area contributed by atoms with Gasteiger partial charge in [0.2, 0.25) is 5.96 Å². The van der Waals surface area contributed by atoms with Crippen LogP contribution in [0, 0.1) is 0 Å². The van der Waals surface area contributed by atoms with Crippen LogP contribution in [0.2, 0.25) is 0 Å². The van der Waals surface area contributed by atoms with Gasteiger partial charge in [-0.1, -0.05) is 11.8 Å². The van der Waals surface area contributed by atoms with Crippen molar-refractivity contribution in [3.05, 3.63) is 48.2 Å². The Morgan fingerprint density at radius 3 is 2.17 bits per heavy atom. The van der Waals surface area contributed by atoms with Crippen molar-refractivity contribution in [3.8, 4) is 0 Å². The number of nitrogens with zero attached hydrogens (tertiary/aromatic N) is 3. The van der Waals surface area contributed by atoms with Crippen LogP contribution in [-0.2, 0) is 6.18 Å². The molecule has 126 valence electrons. The summed E-state index contributed by atoms with van der Waals surface area (Å²) >= 11 is 1.22. The van der Waals surface area contributed by atoms with Gasteiger partial charge in [0.15, 0.2) is 5.96 Å². The van der Waals surface area contributed by atoms with E-state index in [9.17, 15) is 13.2 Å². The number of alkyl halides is 3. The third kappa shape index (κ3) is 5.16. The third-order valence-corrected chi connectivity index (χ3v) is 3.57. The fraction of sp³-hybridized carbons (Fsp3) is 0.0714. The summed E-state index contributed by atoms with van der Waals surface area (Å²) in [6.45, 7) is 0. The molecule has 0 spiro atoms. The van der Waals surface area contributed by atoms with Crippen LogP contribution >= 0.6 is 11.8 Å². The minimum atomic E-state index is -4.40. The standard InChI is InChI=1S/C14H13F3N6S/c15-14(16,17)8-1-6-11(21-7-8)24-10-4-2-9(3-5-10)22-13(20)23-12(18)19/h1-7H,(H6,18,19,20,22,23). The summed E-state index contributed by atoms with van der Waals surface area (Å²) in [5, 5.41) is 0.444. The fourth-order valence-electron chi connectivity index (χ4n) is 1.61. The van der Waals surface area contributed by atoms with Crippen molar-refractivity contribution in [2.24, 2.45) is 27.2 Å². The van der Waals surface area contributed by atoms with E-state index in [0.29, 0.717) is 10.7 Å². The van der Waals surface area contributed by atoms with Gasteiger partial charge in [0, 0.05) is 11.1 Å². The Balaban J connectivity index is 2.08. The van der Waals surface area contributed by atoms with Gasteiger partial charge < -0.3 is 17.2 Å². The maximum atomic E-state index is 12.5. The number of pyridine rings is 1. The molecule has 0 saturated heterocycles. The summed E-state index contributed by atoms with van der Waals surface area (Å²) in [6.07, 6.45) is -3.60. The monoisotopic (exact) mass is 354 g/mol. The third-order valence-electron chi connectivity index (χ3n) is 2.61. The minimum Gasteiger partial charge on any atom is -0.370 e. The van der Waals surface area contributed by atoms with Crippen LogP contribution in [0.5, 0.6) is 0 Å². The second kappa shape index (κ2) is 7.21. The summed E-state index contributed by atoms with van der Waals surface area (Å²) in [7, 11) is 0. The van der Waals surface area contributed by atoms with Gasteiger partial charge in [-0.15, -0.1) is 0 Å². The fourth-order valence-corrected chi connectivity index (χ4v) is 2.36. The SMILES string of the molecule is NC(N)=NC(N)=Nc1ccc(Sc2ccc(C(F)(F)F)cn2)cc1. The number of hydrogen-bond acceptors (Lipinski definition) is 3. The Hall–Kier alpha value is -2.75. The van der Waals surface area contributed by atoms with Crippen LogP contribution < -0.4 is 17.2 Å². The highest BCUT2D eigenvalue weighted by Gasteiger charge is 2.30. The van der Waals surface area contributed by atoms with E-state index in [4.69, 9.17) is 17.2 Å². The van der Waals surface area contributed by atoms with Gasteiger partial charge in [-0.25, -0.2) is 9.98 Å². The molecular weight excluding hydrogens is 341 g/mol. The number of halogens is 3. The average molecular weight is 354 g/mol. The first-order valence-electron chi connectivity index (χ1n) is 6.49. The van der Waals surface area contributed by atoms with Crippen molar-refractivity contribution in [3.63, 3.8) is 0 Å². The second-order valence-corrected chi connectivity index (χ2v) is 5.58. The number of nitrogens with two attached hydrogens (primary N) is 3. The van der Waals surface area contributed by atoms with Crippen molar-refractivity contribution in [1.29, 1.82) is 0 Å². The van der Waals surface area contributed by atoms with E-state index < -0.39 is 11.7 Å². The highest BCUT2D eigenvalue weighted by Crippen LogP contribution is 2.32. The van der Waals surface area contributed by atoms with E-state index >= 15 is 0 Å². The Labute approximate surface area is 139 Å². The quantitative estimate of drug-likeness (QED) is 0.578. The highest BCUT2D eigenvalue weighted by molar-refractivity contribution is 7.99. The zero-order chi connectivity index (χ0) is 17.7. The summed E-state index contributed by atoms with van der Waals surface area (Å²) in [5.41, 5.74) is 15.6. The van der Waals surface area contributed by atoms with Crippen LogP contribution in [0.3, 0.4) is 0 Å². The van der Waals surface area contributed by atoms with Crippen molar-refractivity contribution in [1.82, 2.24) is 4.98 Å². The summed E-state index contributed by atoms with van der Waals surface area (Å²) in [5.74, 6) is -0.281. The van der Waals surface area contributed by atoms with Crippen LogP contribution in [0.4, 0.5) is 18.9 Å². The highest BCUT2D eigenvalue weighted by atomic mass is 32.2. The topological polar surface area (TPSA) is 116 Å². The first-order valence-corrected chi connectivity index (χ1v) is 7.30. The van der Waals surface area contributed by atoms with E-state index in [-0.39, 0.29) is 11.9 Å². The Kier molecular flexibility index (Phi) is 5.29. The molecule has 0 radical (unpaired) electrons. The average Bonchev–Trinajstić information content (AvgIpc) is 2.48. The molecule has 2 rings (SSSR count). The van der Waals surface area contributed by atoms with Crippen LogP contribution in [0.1, 0.15) is 5.56 Å². The molecule has 10 heteroatoms. The predicted octanol–water partition coefficient (Wildman–Crippen LogP) is 2.47. The molecule has 0 aliphatic heterocycles. The molecule has 2 aromatic rings. The largest absolute Gasteiger partial charge is 0.417 e. The van der Waals surface area contributed by atoms with Gasteiger partial charge in [0.25, 0.3) is 0 Å². The van der Waals surface area contributed by atoms with Crippen molar-refractivity contribution in [2.75, 3.05) is 0 Å². The Morgan fingerprint density at radius 1 is 1.00 bits per heavy atom. The smallest absolute Gasteiger partial charge is 0.370 e. The normalized spacial score (nSPS) is 12.0. The number of benzene rings is 1. The van der Waals surface area contributed by atoms with Gasteiger partial charge in [0.1, 0.15) is 5.03 Å². The van der Waals surface area contributed by atoms with Crippen molar-refractivity contribution < 1.29 is 13.2 Å². The molecule has 0 aliphatic carbocycles. The Morgan fingerprint density at radius 2 is 1.67 bits per heavy atom. The maximum Gasteiger partial charge on any atom is 0.417 e. The van der Waals surface area contributed by atoms with Crippen LogP contribution in [0.25, 0.3) is 0 Å². The zero-order valence-corrected chi connectivity index (χ0v) is 13.0. The number of aromatic nitrogens is 1. The molecule has 6 N–H and O–H groups in total. The number of hydrogen-bond donors (Lipinski definition) is 3. The molecule has 0 atom stereocenters. The van der Waals surface area contributed by atoms with E-state index in [2.05, 4.69) is 15.0 Å². The lowest BCUT2D eigenvalue weighted by Gasteiger charge is -2.06. The lowest BCUT2D eigenvalue weighted by Crippen LogP contribution is -2.26. The molecule has 0 saturated carbocycles. The van der Waals surface area contributed by atoms with E-state index in [1.165, 1.54) is 17.8 Å². The van der Waals surface area contributed by atoms with Gasteiger partial charge >= 0.3 is 6.18 Å². The first-order chi connectivity index (χ1) is 11.2. The van der Waals surface area contributed by atoms with Gasteiger partial charge in [0.05, 0.1) is 11.3 Å². The molecule has 0 aliphatic rings. The van der Waals surface area contributed by atoms with E-state index in [1.54, 1.807) is 24.3 Å². The summed E-state index contributed by atoms with van der Waals surface area (Å²) < 4.78 is 37.4. The van der Waals surface area contributed by atoms with Gasteiger partial charge in [-0.3, -0.25) is 0 Å². The maximum absolute atomic E-state index is 12.5. The molecule has 0 bridgehead atoms. The Bertz CT molecular complexity index is 750. The molecule has 1 aromatic heterocycles. The van der Waals surface area contributed by atoms with Crippen molar-refractivity contribution in [2.45, 2.75) is 16.1 Å². The molecule has 24 heavy (non-hydrogen) atoms. The zero-order valence-electron chi connectivity index (χ0n) is 12.2. The molecular formula is C14H13F3N6S. The van der Waals surface area contributed by atoms with Gasteiger partial charge in [-0.05, 0) is 36.4 Å². The van der Waals surface area contributed by atoms with Gasteiger partial charge in [-0.2, -0.15) is 18.2 Å². The molecule has 0 unspecified atom stereocenters. The second-order valence-electron chi connectivity index (χ2n) is 4.49. The molecule has 1 heterocycles. The van der Waals surface area contributed by atoms with E-state index in [0.717, 1.165) is 17.2 Å². The lowest BCUT2D eigenvalue weighted by atomic mass is 10.3. The molecule has 0 fully saturated rings. The lowest BCUT2D eigenvalue weighted by molar-refractivity contribution is -0.137. The minimum absolute atomic E-state index is 0.0835. The number of aliphatic imine (C=N–C) groups is 2. The van der Waals surface area contributed by atoms with Crippen LogP contribution in [-0.4, -0.2) is 16.9 Å². The molecule has 0 amide bonds. The van der Waals surface area contributed by atoms with E-state index in [1.807, 2.05) is 0 Å². The number of guanidine groups is 2. The van der Waals surface area contributed by atoms with Crippen molar-refractivity contribution >= 4 is 29.4 Å². The molecule has 1 aromatic carbocycles.